The molecule has 0 radical (unpaired) electrons. The van der Waals surface area contributed by atoms with E-state index in [1.165, 1.54) is 0 Å². The van der Waals surface area contributed by atoms with Crippen LogP contribution in [-0.2, 0) is 0 Å². The second kappa shape index (κ2) is 5.50. The van der Waals surface area contributed by atoms with Gasteiger partial charge in [-0.05, 0) is 19.1 Å². The van der Waals surface area contributed by atoms with Gasteiger partial charge in [-0.15, -0.1) is 0 Å². The van der Waals surface area contributed by atoms with Gasteiger partial charge in [0.15, 0.2) is 17.5 Å². The van der Waals surface area contributed by atoms with Crippen LogP contribution in [0.2, 0.25) is 0 Å². The molecule has 2 aromatic rings. The van der Waals surface area contributed by atoms with Gasteiger partial charge in [-0.2, -0.15) is 0 Å². The fraction of sp³-hybridized carbons (Fsp3) is 0.0714. The lowest BCUT2D eigenvalue weighted by Gasteiger charge is -2.12. The summed E-state index contributed by atoms with van der Waals surface area (Å²) < 4.78 is 39.2. The average Bonchev–Trinajstić information content (AvgIpc) is 2.37. The molecule has 0 heterocycles. The van der Waals surface area contributed by atoms with Gasteiger partial charge < -0.3 is 11.1 Å². The average molecular weight is 296 g/mol. The Morgan fingerprint density at radius 3 is 2.25 bits per heavy atom. The number of hydrogen-bond donors (Lipinski definition) is 2. The topological polar surface area (TPSA) is 38.0 Å². The van der Waals surface area contributed by atoms with Crippen molar-refractivity contribution in [3.63, 3.8) is 0 Å². The number of benzene rings is 2. The van der Waals surface area contributed by atoms with Crippen molar-refractivity contribution in [2.45, 2.75) is 6.92 Å². The molecule has 0 saturated carbocycles. The largest absolute Gasteiger partial charge is 0.389 e. The van der Waals surface area contributed by atoms with Crippen LogP contribution in [0.25, 0.3) is 0 Å². The van der Waals surface area contributed by atoms with Crippen LogP contribution in [0, 0.1) is 24.4 Å². The zero-order valence-electron chi connectivity index (χ0n) is 10.5. The van der Waals surface area contributed by atoms with Crippen molar-refractivity contribution < 1.29 is 13.2 Å². The molecule has 2 rings (SSSR count). The van der Waals surface area contributed by atoms with E-state index in [1.54, 1.807) is 18.2 Å². The molecule has 0 bridgehead atoms. The standard InChI is InChI=1S/C14H11F3N2S/c1-7-2-3-12(9(4-7)14(18)20)19-8-5-10(15)13(17)11(16)6-8/h2-6,19H,1H3,(H2,18,20). The SMILES string of the molecule is Cc1ccc(Nc2cc(F)c(F)c(F)c2)c(C(N)=S)c1. The summed E-state index contributed by atoms with van der Waals surface area (Å²) >= 11 is 4.93. The van der Waals surface area contributed by atoms with Crippen molar-refractivity contribution in [2.24, 2.45) is 5.73 Å². The monoisotopic (exact) mass is 296 g/mol. The quantitative estimate of drug-likeness (QED) is 0.668. The Labute approximate surface area is 119 Å². The van der Waals surface area contributed by atoms with Crippen LogP contribution in [0.3, 0.4) is 0 Å². The van der Waals surface area contributed by atoms with Gasteiger partial charge in [-0.25, -0.2) is 13.2 Å². The highest BCUT2D eigenvalue weighted by atomic mass is 32.1. The molecule has 104 valence electrons. The van der Waals surface area contributed by atoms with E-state index in [1.807, 2.05) is 6.92 Å². The first-order valence-electron chi connectivity index (χ1n) is 5.70. The summed E-state index contributed by atoms with van der Waals surface area (Å²) in [4.78, 5) is 0.152. The van der Waals surface area contributed by atoms with Crippen LogP contribution in [0.5, 0.6) is 0 Å². The third kappa shape index (κ3) is 2.91. The first-order valence-corrected chi connectivity index (χ1v) is 6.11. The van der Waals surface area contributed by atoms with Crippen molar-refractivity contribution in [1.29, 1.82) is 0 Å². The highest BCUT2D eigenvalue weighted by Crippen LogP contribution is 2.24. The minimum Gasteiger partial charge on any atom is -0.389 e. The van der Waals surface area contributed by atoms with Gasteiger partial charge in [0.2, 0.25) is 0 Å². The van der Waals surface area contributed by atoms with Gasteiger partial charge in [0.1, 0.15) is 4.99 Å². The lowest BCUT2D eigenvalue weighted by molar-refractivity contribution is 0.448. The van der Waals surface area contributed by atoms with Gasteiger partial charge >= 0.3 is 0 Å². The molecule has 0 aliphatic rings. The molecular weight excluding hydrogens is 285 g/mol. The molecule has 20 heavy (non-hydrogen) atoms. The fourth-order valence-corrected chi connectivity index (χ4v) is 1.92. The number of anilines is 2. The van der Waals surface area contributed by atoms with E-state index in [-0.39, 0.29) is 10.7 Å². The highest BCUT2D eigenvalue weighted by Gasteiger charge is 2.12. The zero-order chi connectivity index (χ0) is 14.9. The van der Waals surface area contributed by atoms with Crippen molar-refractivity contribution in [3.05, 3.63) is 58.9 Å². The number of nitrogens with one attached hydrogen (secondary N) is 1. The fourth-order valence-electron chi connectivity index (χ4n) is 1.75. The van der Waals surface area contributed by atoms with Gasteiger partial charge in [0.25, 0.3) is 0 Å². The second-order valence-corrected chi connectivity index (χ2v) is 4.73. The second-order valence-electron chi connectivity index (χ2n) is 4.29. The molecule has 0 spiro atoms. The predicted octanol–water partition coefficient (Wildman–Crippen LogP) is 3.79. The molecule has 0 fully saturated rings. The van der Waals surface area contributed by atoms with Crippen LogP contribution in [0.4, 0.5) is 24.5 Å². The Bertz CT molecular complexity index is 663. The third-order valence-electron chi connectivity index (χ3n) is 2.70. The van der Waals surface area contributed by atoms with Crippen molar-refractivity contribution >= 4 is 28.6 Å². The number of hydrogen-bond acceptors (Lipinski definition) is 2. The molecule has 0 saturated heterocycles. The Hall–Kier alpha value is -2.08. The lowest BCUT2D eigenvalue weighted by atomic mass is 10.1. The summed E-state index contributed by atoms with van der Waals surface area (Å²) in [6.45, 7) is 1.86. The number of thiocarbonyl (C=S) groups is 1. The summed E-state index contributed by atoms with van der Waals surface area (Å²) in [5, 5.41) is 2.78. The van der Waals surface area contributed by atoms with Crippen LogP contribution in [0.15, 0.2) is 30.3 Å². The minimum absolute atomic E-state index is 0.0720. The number of rotatable bonds is 3. The summed E-state index contributed by atoms with van der Waals surface area (Å²) in [5.41, 5.74) is 7.66. The Balaban J connectivity index is 2.42. The van der Waals surface area contributed by atoms with Crippen LogP contribution in [0.1, 0.15) is 11.1 Å². The smallest absolute Gasteiger partial charge is 0.194 e. The van der Waals surface area contributed by atoms with E-state index in [4.69, 9.17) is 18.0 Å². The maximum Gasteiger partial charge on any atom is 0.194 e. The van der Waals surface area contributed by atoms with Crippen molar-refractivity contribution in [1.82, 2.24) is 0 Å². The molecule has 6 heteroatoms. The van der Waals surface area contributed by atoms with E-state index in [2.05, 4.69) is 5.32 Å². The third-order valence-corrected chi connectivity index (χ3v) is 2.92. The van der Waals surface area contributed by atoms with E-state index in [0.717, 1.165) is 17.7 Å². The maximum atomic E-state index is 13.2. The predicted molar refractivity (Wildman–Crippen MR) is 76.7 cm³/mol. The van der Waals surface area contributed by atoms with E-state index >= 15 is 0 Å². The first kappa shape index (κ1) is 14.3. The van der Waals surface area contributed by atoms with E-state index in [0.29, 0.717) is 11.3 Å². The number of nitrogens with two attached hydrogens (primary N) is 1. The molecule has 0 amide bonds. The lowest BCUT2D eigenvalue weighted by Crippen LogP contribution is -2.12. The molecule has 2 aromatic carbocycles. The molecule has 0 aromatic heterocycles. The molecular formula is C14H11F3N2S. The van der Waals surface area contributed by atoms with E-state index in [9.17, 15) is 13.2 Å². The highest BCUT2D eigenvalue weighted by molar-refractivity contribution is 7.80. The number of halogens is 3. The molecule has 2 nitrogen and oxygen atoms in total. The number of aryl methyl sites for hydroxylation is 1. The van der Waals surface area contributed by atoms with Crippen molar-refractivity contribution in [2.75, 3.05) is 5.32 Å². The van der Waals surface area contributed by atoms with Crippen LogP contribution in [-0.4, -0.2) is 4.99 Å². The van der Waals surface area contributed by atoms with Gasteiger partial charge in [-0.1, -0.05) is 23.8 Å². The van der Waals surface area contributed by atoms with E-state index < -0.39 is 17.5 Å². The summed E-state index contributed by atoms with van der Waals surface area (Å²) in [7, 11) is 0. The van der Waals surface area contributed by atoms with Gasteiger partial charge in [0.05, 0.1) is 0 Å². The van der Waals surface area contributed by atoms with Crippen LogP contribution < -0.4 is 11.1 Å². The summed E-state index contributed by atoms with van der Waals surface area (Å²) in [6.07, 6.45) is 0. The molecule has 3 N–H and O–H groups in total. The minimum atomic E-state index is -1.51. The Morgan fingerprint density at radius 1 is 1.10 bits per heavy atom. The Morgan fingerprint density at radius 2 is 1.70 bits per heavy atom. The molecule has 0 atom stereocenters. The molecule has 0 aliphatic heterocycles. The van der Waals surface area contributed by atoms with Gasteiger partial charge in [-0.3, -0.25) is 0 Å². The summed E-state index contributed by atoms with van der Waals surface area (Å²) in [5.74, 6) is -4.04. The summed E-state index contributed by atoms with van der Waals surface area (Å²) in [6, 6.07) is 6.95. The van der Waals surface area contributed by atoms with Crippen LogP contribution >= 0.6 is 12.2 Å². The normalized spacial score (nSPS) is 10.4. The zero-order valence-corrected chi connectivity index (χ0v) is 11.3. The molecule has 0 aliphatic carbocycles. The van der Waals surface area contributed by atoms with Crippen molar-refractivity contribution in [3.8, 4) is 0 Å². The maximum absolute atomic E-state index is 13.2. The first-order chi connectivity index (χ1) is 9.38. The van der Waals surface area contributed by atoms with Gasteiger partial charge in [0, 0.05) is 29.1 Å². The molecule has 0 unspecified atom stereocenters. The Kier molecular flexibility index (Phi) is 3.94.